The van der Waals surface area contributed by atoms with Crippen molar-refractivity contribution >= 4 is 25.7 Å². The molecule has 0 bridgehead atoms. The molecule has 0 rings (SSSR count). The van der Waals surface area contributed by atoms with Crippen molar-refractivity contribution in [3.05, 3.63) is 24.3 Å². The van der Waals surface area contributed by atoms with Crippen LogP contribution in [-0.4, -0.2) is 59.9 Å². The van der Waals surface area contributed by atoms with Gasteiger partial charge in [0.2, 0.25) is 0 Å². The zero-order chi connectivity index (χ0) is 42.1. The van der Waals surface area contributed by atoms with Crippen LogP contribution in [0.25, 0.3) is 0 Å². The smallest absolute Gasteiger partial charge is 0.472 e. The van der Waals surface area contributed by atoms with E-state index in [1.54, 1.807) is 0 Å². The molecule has 0 saturated heterocycles. The van der Waals surface area contributed by atoms with Crippen LogP contribution in [-0.2, 0) is 37.5 Å². The topological polar surface area (TPSA) is 172 Å². The van der Waals surface area contributed by atoms with Crippen molar-refractivity contribution in [3.8, 4) is 0 Å². The molecule has 0 aliphatic rings. The first-order chi connectivity index (χ1) is 27.6. The van der Waals surface area contributed by atoms with Crippen molar-refractivity contribution in [2.45, 2.75) is 225 Å². The van der Waals surface area contributed by atoms with Crippen LogP contribution in [0.3, 0.4) is 0 Å². The van der Waals surface area contributed by atoms with Crippen molar-refractivity contribution < 1.29 is 47.5 Å². The molecular weight excluding hydrogens is 745 g/mol. The molecule has 12 heteroatoms. The first-order valence-electron chi connectivity index (χ1n) is 22.9. The Hall–Kier alpha value is -2.04. The third-order valence-electron chi connectivity index (χ3n) is 9.95. The van der Waals surface area contributed by atoms with Gasteiger partial charge in [0, 0.05) is 12.8 Å². The molecule has 0 aromatic rings. The first kappa shape index (κ1) is 55.0. The standard InChI is InChI=1S/C45H84NO10P/c1-3-5-7-9-11-13-15-17-19-21-23-24-26-28-30-32-34-36-43(47)53-38-41(39-54-57(51,52)55-40-42(46)45(49)50)56-44(48)37-35-33-31-29-27-25-22-20-18-16-14-12-10-8-6-4-2/h23-24,28,30,41-42H,3-22,25-27,29,31-40,46H2,1-2H3,(H,49,50)(H,51,52)/b24-23+,30-28+/t41-,42+/m1/s1. The Morgan fingerprint density at radius 3 is 1.42 bits per heavy atom. The number of hydrogen-bond donors (Lipinski definition) is 3. The second kappa shape index (κ2) is 40.7. The van der Waals surface area contributed by atoms with Gasteiger partial charge in [-0.15, -0.1) is 0 Å². The summed E-state index contributed by atoms with van der Waals surface area (Å²) in [5, 5.41) is 8.89. The van der Waals surface area contributed by atoms with Crippen LogP contribution in [0.4, 0.5) is 0 Å². The second-order valence-corrected chi connectivity index (χ2v) is 17.0. The van der Waals surface area contributed by atoms with Gasteiger partial charge in [-0.05, 0) is 38.5 Å². The number of carbonyl (C=O) groups is 3. The van der Waals surface area contributed by atoms with E-state index in [1.165, 1.54) is 135 Å². The highest BCUT2D eigenvalue weighted by molar-refractivity contribution is 7.47. The van der Waals surface area contributed by atoms with Gasteiger partial charge in [0.15, 0.2) is 6.10 Å². The minimum absolute atomic E-state index is 0.157. The van der Waals surface area contributed by atoms with E-state index in [0.717, 1.165) is 32.1 Å². The number of hydrogen-bond acceptors (Lipinski definition) is 9. The highest BCUT2D eigenvalue weighted by Crippen LogP contribution is 2.43. The van der Waals surface area contributed by atoms with Crippen molar-refractivity contribution in [2.24, 2.45) is 5.73 Å². The van der Waals surface area contributed by atoms with E-state index in [-0.39, 0.29) is 19.4 Å². The molecule has 1 unspecified atom stereocenters. The van der Waals surface area contributed by atoms with E-state index in [2.05, 4.69) is 36.6 Å². The molecule has 0 aliphatic heterocycles. The molecule has 3 atom stereocenters. The fourth-order valence-corrected chi connectivity index (χ4v) is 7.12. The van der Waals surface area contributed by atoms with Crippen LogP contribution in [0.5, 0.6) is 0 Å². The maximum Gasteiger partial charge on any atom is 0.472 e. The summed E-state index contributed by atoms with van der Waals surface area (Å²) in [6.07, 6.45) is 42.5. The molecule has 0 saturated carbocycles. The van der Waals surface area contributed by atoms with Gasteiger partial charge in [0.05, 0.1) is 13.2 Å². The number of esters is 2. The van der Waals surface area contributed by atoms with E-state index in [4.69, 9.17) is 24.8 Å². The molecule has 0 amide bonds. The zero-order valence-corrected chi connectivity index (χ0v) is 37.1. The fraction of sp³-hybridized carbons (Fsp3) is 0.844. The van der Waals surface area contributed by atoms with E-state index >= 15 is 0 Å². The average molecular weight is 830 g/mol. The normalized spacial score (nSPS) is 13.9. The van der Waals surface area contributed by atoms with Gasteiger partial charge >= 0.3 is 25.7 Å². The van der Waals surface area contributed by atoms with Gasteiger partial charge in [0.25, 0.3) is 0 Å². The minimum Gasteiger partial charge on any atom is -0.480 e. The maximum atomic E-state index is 12.6. The van der Waals surface area contributed by atoms with Gasteiger partial charge in [-0.1, -0.05) is 186 Å². The average Bonchev–Trinajstić information content (AvgIpc) is 3.19. The Balaban J connectivity index is 4.37. The molecule has 0 aromatic carbocycles. The molecular formula is C45H84NO10P. The van der Waals surface area contributed by atoms with Crippen LogP contribution >= 0.6 is 7.82 Å². The Bertz CT molecular complexity index is 1070. The van der Waals surface area contributed by atoms with E-state index < -0.39 is 51.1 Å². The first-order valence-corrected chi connectivity index (χ1v) is 24.4. The van der Waals surface area contributed by atoms with E-state index in [1.807, 2.05) is 6.08 Å². The Labute approximate surface area is 347 Å². The lowest BCUT2D eigenvalue weighted by Gasteiger charge is -2.20. The van der Waals surface area contributed by atoms with Gasteiger partial charge in [-0.2, -0.15) is 0 Å². The lowest BCUT2D eigenvalue weighted by atomic mass is 10.0. The number of nitrogens with two attached hydrogens (primary N) is 1. The molecule has 0 radical (unpaired) electrons. The van der Waals surface area contributed by atoms with Crippen LogP contribution in [0.1, 0.15) is 213 Å². The number of phosphoric acid groups is 1. The van der Waals surface area contributed by atoms with Crippen LogP contribution in [0, 0.1) is 0 Å². The second-order valence-electron chi connectivity index (χ2n) is 15.5. The summed E-state index contributed by atoms with van der Waals surface area (Å²) in [5.41, 5.74) is 5.33. The number of allylic oxidation sites excluding steroid dienone is 4. The number of carbonyl (C=O) groups excluding carboxylic acids is 2. The van der Waals surface area contributed by atoms with Crippen molar-refractivity contribution in [1.29, 1.82) is 0 Å². The molecule has 11 nitrogen and oxygen atoms in total. The third kappa shape index (κ3) is 40.5. The number of rotatable bonds is 43. The van der Waals surface area contributed by atoms with Crippen LogP contribution in [0.15, 0.2) is 24.3 Å². The summed E-state index contributed by atoms with van der Waals surface area (Å²) < 4.78 is 32.7. The molecule has 0 spiro atoms. The predicted octanol–water partition coefficient (Wildman–Crippen LogP) is 12.2. The molecule has 334 valence electrons. The molecule has 0 fully saturated rings. The fourth-order valence-electron chi connectivity index (χ4n) is 6.34. The van der Waals surface area contributed by atoms with Crippen LogP contribution < -0.4 is 5.73 Å². The number of phosphoric ester groups is 1. The van der Waals surface area contributed by atoms with Gasteiger partial charge in [-0.3, -0.25) is 23.4 Å². The highest BCUT2D eigenvalue weighted by Gasteiger charge is 2.28. The molecule has 57 heavy (non-hydrogen) atoms. The summed E-state index contributed by atoms with van der Waals surface area (Å²) in [5.74, 6) is -2.42. The number of ether oxygens (including phenoxy) is 2. The predicted molar refractivity (Wildman–Crippen MR) is 231 cm³/mol. The molecule has 0 aromatic heterocycles. The van der Waals surface area contributed by atoms with Crippen LogP contribution in [0.2, 0.25) is 0 Å². The van der Waals surface area contributed by atoms with Crippen molar-refractivity contribution in [2.75, 3.05) is 19.8 Å². The van der Waals surface area contributed by atoms with E-state index in [9.17, 15) is 23.8 Å². The zero-order valence-electron chi connectivity index (χ0n) is 36.2. The number of carboxylic acid groups (broad SMARTS) is 1. The monoisotopic (exact) mass is 830 g/mol. The Morgan fingerprint density at radius 2 is 0.947 bits per heavy atom. The minimum atomic E-state index is -4.72. The summed E-state index contributed by atoms with van der Waals surface area (Å²) >= 11 is 0. The van der Waals surface area contributed by atoms with Gasteiger partial charge < -0.3 is 25.2 Å². The highest BCUT2D eigenvalue weighted by atomic mass is 31.2. The summed E-state index contributed by atoms with van der Waals surface area (Å²) in [4.78, 5) is 46.0. The lowest BCUT2D eigenvalue weighted by Crippen LogP contribution is -2.34. The Kier molecular flexibility index (Phi) is 39.3. The van der Waals surface area contributed by atoms with Gasteiger partial charge in [0.1, 0.15) is 12.6 Å². The largest absolute Gasteiger partial charge is 0.480 e. The van der Waals surface area contributed by atoms with Gasteiger partial charge in [-0.25, -0.2) is 4.57 Å². The SMILES string of the molecule is CCCCCCCCCCC/C=C/C/C=C/CCCC(=O)OC[C@H](COP(=O)(O)OC[C@H](N)C(=O)O)OC(=O)CCCCCCCCCCCCCCCCCC. The number of carboxylic acids is 1. The molecule has 0 heterocycles. The number of aliphatic carboxylic acids is 1. The Morgan fingerprint density at radius 1 is 0.544 bits per heavy atom. The number of unbranched alkanes of at least 4 members (excludes halogenated alkanes) is 25. The molecule has 0 aliphatic carbocycles. The lowest BCUT2D eigenvalue weighted by molar-refractivity contribution is -0.161. The summed E-state index contributed by atoms with van der Waals surface area (Å²) in [6.45, 7) is 2.78. The summed E-state index contributed by atoms with van der Waals surface area (Å²) in [6, 6.07) is -1.52. The van der Waals surface area contributed by atoms with Crippen molar-refractivity contribution in [3.63, 3.8) is 0 Å². The summed E-state index contributed by atoms with van der Waals surface area (Å²) in [7, 11) is -4.72. The quantitative estimate of drug-likeness (QED) is 0.0231. The molecule has 4 N–H and O–H groups in total. The maximum absolute atomic E-state index is 12.6. The van der Waals surface area contributed by atoms with Crippen molar-refractivity contribution in [1.82, 2.24) is 0 Å². The van der Waals surface area contributed by atoms with E-state index in [0.29, 0.717) is 19.3 Å². The third-order valence-corrected chi connectivity index (χ3v) is 10.9.